The molecule has 0 fully saturated rings. The molecule has 0 saturated heterocycles. The normalized spacial score (nSPS) is 11.0. The van der Waals surface area contributed by atoms with Crippen LogP contribution in [0.5, 0.6) is 0 Å². The second-order valence-corrected chi connectivity index (χ2v) is 6.21. The van der Waals surface area contributed by atoms with Gasteiger partial charge in [-0.05, 0) is 36.4 Å². The smallest absolute Gasteiger partial charge is 0.335 e. The SMILES string of the molecule is O=C(O)c1ccc(NC(=O)c2c(CO)c3cc4ccccc4n3[nH]c2=O)cc1. The van der Waals surface area contributed by atoms with E-state index in [9.17, 15) is 19.5 Å². The predicted octanol–water partition coefficient (Wildman–Crippen LogP) is 2.22. The molecule has 4 rings (SSSR count). The predicted molar refractivity (Wildman–Crippen MR) is 103 cm³/mol. The molecule has 0 aliphatic rings. The highest BCUT2D eigenvalue weighted by atomic mass is 16.4. The molecule has 0 unspecified atom stereocenters. The van der Waals surface area contributed by atoms with Gasteiger partial charge in [0.25, 0.3) is 11.5 Å². The first-order valence-electron chi connectivity index (χ1n) is 8.40. The minimum atomic E-state index is -1.08. The zero-order valence-corrected chi connectivity index (χ0v) is 14.5. The van der Waals surface area contributed by atoms with Crippen LogP contribution in [0.4, 0.5) is 5.69 Å². The van der Waals surface area contributed by atoms with E-state index in [1.807, 2.05) is 24.3 Å². The summed E-state index contributed by atoms with van der Waals surface area (Å²) in [6.07, 6.45) is 0. The summed E-state index contributed by atoms with van der Waals surface area (Å²) in [5.41, 5.74) is 1.05. The van der Waals surface area contributed by atoms with Crippen molar-refractivity contribution in [1.29, 1.82) is 0 Å². The lowest BCUT2D eigenvalue weighted by atomic mass is 10.1. The molecule has 140 valence electrons. The topological polar surface area (TPSA) is 124 Å². The first-order chi connectivity index (χ1) is 13.5. The van der Waals surface area contributed by atoms with Crippen molar-refractivity contribution in [3.05, 3.63) is 81.6 Å². The number of para-hydroxylation sites is 1. The summed E-state index contributed by atoms with van der Waals surface area (Å²) in [7, 11) is 0. The molecule has 2 aromatic heterocycles. The fourth-order valence-corrected chi connectivity index (χ4v) is 3.21. The fraction of sp³-hybridized carbons (Fsp3) is 0.0500. The Morgan fingerprint density at radius 3 is 2.43 bits per heavy atom. The summed E-state index contributed by atoms with van der Waals surface area (Å²) in [4.78, 5) is 36.2. The highest BCUT2D eigenvalue weighted by molar-refractivity contribution is 6.06. The molecule has 28 heavy (non-hydrogen) atoms. The van der Waals surface area contributed by atoms with Crippen molar-refractivity contribution >= 4 is 34.0 Å². The molecule has 0 radical (unpaired) electrons. The van der Waals surface area contributed by atoms with Crippen molar-refractivity contribution in [3.8, 4) is 0 Å². The Morgan fingerprint density at radius 2 is 1.75 bits per heavy atom. The van der Waals surface area contributed by atoms with Gasteiger partial charge in [0, 0.05) is 16.6 Å². The molecule has 0 bridgehead atoms. The number of fused-ring (bicyclic) bond motifs is 3. The minimum absolute atomic E-state index is 0.0770. The quantitative estimate of drug-likeness (QED) is 0.434. The van der Waals surface area contributed by atoms with E-state index in [-0.39, 0.29) is 16.7 Å². The van der Waals surface area contributed by atoms with E-state index < -0.39 is 24.0 Å². The average molecular weight is 377 g/mol. The Labute approximate surface area is 157 Å². The molecule has 4 N–H and O–H groups in total. The van der Waals surface area contributed by atoms with Gasteiger partial charge in [-0.2, -0.15) is 0 Å². The first-order valence-corrected chi connectivity index (χ1v) is 8.40. The number of carbonyl (C=O) groups is 2. The van der Waals surface area contributed by atoms with Crippen LogP contribution < -0.4 is 10.9 Å². The van der Waals surface area contributed by atoms with E-state index in [1.54, 1.807) is 10.6 Å². The number of carboxylic acid groups (broad SMARTS) is 1. The lowest BCUT2D eigenvalue weighted by Crippen LogP contribution is -2.27. The number of aliphatic hydroxyl groups excluding tert-OH is 1. The van der Waals surface area contributed by atoms with Crippen molar-refractivity contribution in [2.75, 3.05) is 5.32 Å². The highest BCUT2D eigenvalue weighted by Crippen LogP contribution is 2.23. The number of benzene rings is 2. The van der Waals surface area contributed by atoms with Crippen molar-refractivity contribution < 1.29 is 19.8 Å². The number of nitrogens with zero attached hydrogens (tertiary/aromatic N) is 1. The van der Waals surface area contributed by atoms with Crippen molar-refractivity contribution in [3.63, 3.8) is 0 Å². The van der Waals surface area contributed by atoms with Crippen molar-refractivity contribution in [2.45, 2.75) is 6.61 Å². The zero-order chi connectivity index (χ0) is 19.8. The number of hydrogen-bond donors (Lipinski definition) is 4. The van der Waals surface area contributed by atoms with E-state index in [4.69, 9.17) is 5.11 Å². The van der Waals surface area contributed by atoms with Gasteiger partial charge in [-0.25, -0.2) is 4.79 Å². The highest BCUT2D eigenvalue weighted by Gasteiger charge is 2.21. The Bertz CT molecular complexity index is 1290. The number of carboxylic acids is 1. The lowest BCUT2D eigenvalue weighted by molar-refractivity contribution is 0.0696. The molecule has 8 heteroatoms. The lowest BCUT2D eigenvalue weighted by Gasteiger charge is -2.10. The van der Waals surface area contributed by atoms with Crippen LogP contribution in [-0.4, -0.2) is 31.7 Å². The summed E-state index contributed by atoms with van der Waals surface area (Å²) in [5, 5.41) is 24.9. The number of H-pyrrole nitrogens is 1. The third kappa shape index (κ3) is 2.81. The second-order valence-electron chi connectivity index (χ2n) is 6.21. The van der Waals surface area contributed by atoms with Crippen LogP contribution >= 0.6 is 0 Å². The van der Waals surface area contributed by atoms with Gasteiger partial charge < -0.3 is 15.5 Å². The zero-order valence-electron chi connectivity index (χ0n) is 14.5. The van der Waals surface area contributed by atoms with Gasteiger partial charge in [0.15, 0.2) is 0 Å². The number of anilines is 1. The number of aliphatic hydroxyl groups is 1. The van der Waals surface area contributed by atoms with Crippen LogP contribution in [0.1, 0.15) is 26.3 Å². The van der Waals surface area contributed by atoms with Crippen LogP contribution in [0.25, 0.3) is 16.4 Å². The molecule has 2 heterocycles. The molecule has 1 amide bonds. The largest absolute Gasteiger partial charge is 0.478 e. The monoisotopic (exact) mass is 377 g/mol. The van der Waals surface area contributed by atoms with E-state index >= 15 is 0 Å². The molecule has 8 nitrogen and oxygen atoms in total. The number of hydrogen-bond acceptors (Lipinski definition) is 4. The minimum Gasteiger partial charge on any atom is -0.478 e. The Morgan fingerprint density at radius 1 is 1.04 bits per heavy atom. The van der Waals surface area contributed by atoms with Crippen LogP contribution in [0.2, 0.25) is 0 Å². The van der Waals surface area contributed by atoms with Gasteiger partial charge in [0.2, 0.25) is 0 Å². The van der Waals surface area contributed by atoms with Crippen LogP contribution in [0.15, 0.2) is 59.4 Å². The summed E-state index contributed by atoms with van der Waals surface area (Å²) in [5.74, 6) is -1.77. The maximum absolute atomic E-state index is 12.7. The number of carbonyl (C=O) groups excluding carboxylic acids is 1. The molecule has 0 saturated carbocycles. The van der Waals surface area contributed by atoms with Gasteiger partial charge in [0.05, 0.1) is 23.2 Å². The third-order valence-corrected chi connectivity index (χ3v) is 4.54. The van der Waals surface area contributed by atoms with Crippen LogP contribution in [0.3, 0.4) is 0 Å². The second kappa shape index (κ2) is 6.67. The van der Waals surface area contributed by atoms with E-state index in [1.165, 1.54) is 24.3 Å². The van der Waals surface area contributed by atoms with Gasteiger partial charge in [-0.15, -0.1) is 0 Å². The summed E-state index contributed by atoms with van der Waals surface area (Å²) in [6, 6.07) is 14.7. The number of rotatable bonds is 4. The fourth-order valence-electron chi connectivity index (χ4n) is 3.21. The number of aromatic amines is 1. The van der Waals surface area contributed by atoms with E-state index in [0.29, 0.717) is 11.2 Å². The molecular weight excluding hydrogens is 362 g/mol. The molecule has 2 aromatic carbocycles. The van der Waals surface area contributed by atoms with Crippen LogP contribution in [-0.2, 0) is 6.61 Å². The average Bonchev–Trinajstić information content (AvgIpc) is 3.05. The van der Waals surface area contributed by atoms with Gasteiger partial charge in [0.1, 0.15) is 5.56 Å². The first kappa shape index (κ1) is 17.5. The maximum atomic E-state index is 12.7. The van der Waals surface area contributed by atoms with Crippen molar-refractivity contribution in [1.82, 2.24) is 9.61 Å². The van der Waals surface area contributed by atoms with E-state index in [2.05, 4.69) is 10.4 Å². The molecule has 0 spiro atoms. The van der Waals surface area contributed by atoms with Gasteiger partial charge in [-0.3, -0.25) is 19.2 Å². The summed E-state index contributed by atoms with van der Waals surface area (Å²) in [6.45, 7) is -0.496. The summed E-state index contributed by atoms with van der Waals surface area (Å²) < 4.78 is 1.54. The number of nitrogens with one attached hydrogen (secondary N) is 2. The molecule has 4 aromatic rings. The summed E-state index contributed by atoms with van der Waals surface area (Å²) >= 11 is 0. The number of amides is 1. The number of aromatic carboxylic acids is 1. The molecule has 0 aliphatic heterocycles. The standard InChI is InChI=1S/C20H15N3O5/c24-10-14-16-9-12-3-1-2-4-15(12)23(16)22-19(26)17(14)18(25)21-13-7-5-11(6-8-13)20(27)28/h1-9,24H,10H2,(H,21,25)(H,22,26)(H,27,28). The van der Waals surface area contributed by atoms with Crippen molar-refractivity contribution in [2.24, 2.45) is 0 Å². The Kier molecular flexibility index (Phi) is 4.17. The maximum Gasteiger partial charge on any atom is 0.335 e. The molecule has 0 aliphatic carbocycles. The Balaban J connectivity index is 1.80. The molecular formula is C20H15N3O5. The Hall–Kier alpha value is -3.91. The molecule has 0 atom stereocenters. The van der Waals surface area contributed by atoms with E-state index in [0.717, 1.165) is 10.9 Å². The number of aromatic nitrogens is 2. The van der Waals surface area contributed by atoms with Gasteiger partial charge in [-0.1, -0.05) is 18.2 Å². The van der Waals surface area contributed by atoms with Gasteiger partial charge >= 0.3 is 5.97 Å². The van der Waals surface area contributed by atoms with Crippen LogP contribution in [0, 0.1) is 0 Å². The third-order valence-electron chi connectivity index (χ3n) is 4.54.